The second-order valence-electron chi connectivity index (χ2n) is 4.60. The molecule has 3 N–H and O–H groups in total. The van der Waals surface area contributed by atoms with Gasteiger partial charge in [0.05, 0.1) is 11.2 Å². The van der Waals surface area contributed by atoms with Crippen molar-refractivity contribution in [3.05, 3.63) is 35.5 Å². The molecule has 4 heteroatoms. The van der Waals surface area contributed by atoms with Crippen LogP contribution in [0.1, 0.15) is 12.8 Å². The van der Waals surface area contributed by atoms with Crippen LogP contribution in [-0.2, 0) is 0 Å². The van der Waals surface area contributed by atoms with E-state index in [4.69, 9.17) is 17.3 Å². The molecule has 1 aromatic carbocycles. The molecule has 1 aliphatic carbocycles. The van der Waals surface area contributed by atoms with E-state index in [1.54, 1.807) is 6.20 Å². The number of nitrogens with one attached hydrogen (secondary N) is 1. The lowest BCUT2D eigenvalue weighted by atomic mass is 9.87. The van der Waals surface area contributed by atoms with Crippen LogP contribution in [0.3, 0.4) is 0 Å². The molecule has 3 nitrogen and oxygen atoms in total. The molecular formula is C13H14ClN3. The minimum atomic E-state index is 0.339. The quantitative estimate of drug-likeness (QED) is 0.858. The fourth-order valence-electron chi connectivity index (χ4n) is 2.27. The molecule has 3 rings (SSSR count). The van der Waals surface area contributed by atoms with Crippen molar-refractivity contribution in [2.75, 3.05) is 5.32 Å². The Morgan fingerprint density at radius 3 is 2.94 bits per heavy atom. The van der Waals surface area contributed by atoms with Gasteiger partial charge >= 0.3 is 0 Å². The number of aromatic nitrogens is 1. The number of nitrogens with two attached hydrogens (primary N) is 1. The van der Waals surface area contributed by atoms with Crippen molar-refractivity contribution >= 4 is 28.2 Å². The van der Waals surface area contributed by atoms with Crippen molar-refractivity contribution in [1.82, 2.24) is 4.98 Å². The molecule has 0 spiro atoms. The SMILES string of the molecule is NC1CC(Nc2cc(Cl)cc3cccnc23)C1. The normalized spacial score (nSPS) is 23.4. The summed E-state index contributed by atoms with van der Waals surface area (Å²) in [7, 11) is 0. The molecule has 2 aromatic rings. The molecule has 0 atom stereocenters. The Morgan fingerprint density at radius 1 is 1.35 bits per heavy atom. The predicted octanol–water partition coefficient (Wildman–Crippen LogP) is 2.79. The number of benzene rings is 1. The van der Waals surface area contributed by atoms with Crippen molar-refractivity contribution in [3.8, 4) is 0 Å². The number of rotatable bonds is 2. The molecular weight excluding hydrogens is 234 g/mol. The highest BCUT2D eigenvalue weighted by Crippen LogP contribution is 2.30. The number of hydrogen-bond acceptors (Lipinski definition) is 3. The van der Waals surface area contributed by atoms with E-state index < -0.39 is 0 Å². The Labute approximate surface area is 105 Å². The zero-order valence-electron chi connectivity index (χ0n) is 9.36. The lowest BCUT2D eigenvalue weighted by molar-refractivity contribution is 0.374. The number of anilines is 1. The summed E-state index contributed by atoms with van der Waals surface area (Å²) < 4.78 is 0. The van der Waals surface area contributed by atoms with Crippen molar-refractivity contribution < 1.29 is 0 Å². The van der Waals surface area contributed by atoms with Crippen LogP contribution in [0.5, 0.6) is 0 Å². The molecule has 17 heavy (non-hydrogen) atoms. The van der Waals surface area contributed by atoms with Gasteiger partial charge in [0.25, 0.3) is 0 Å². The van der Waals surface area contributed by atoms with E-state index in [2.05, 4.69) is 10.3 Å². The smallest absolute Gasteiger partial charge is 0.0934 e. The average Bonchev–Trinajstić information content (AvgIpc) is 2.26. The summed E-state index contributed by atoms with van der Waals surface area (Å²) in [6.45, 7) is 0. The molecule has 88 valence electrons. The molecule has 1 aromatic heterocycles. The summed E-state index contributed by atoms with van der Waals surface area (Å²) in [6, 6.07) is 8.59. The van der Waals surface area contributed by atoms with Gasteiger partial charge in [0.1, 0.15) is 0 Å². The summed E-state index contributed by atoms with van der Waals surface area (Å²) in [6.07, 6.45) is 3.83. The molecule has 0 aliphatic heterocycles. The van der Waals surface area contributed by atoms with Gasteiger partial charge in [0.15, 0.2) is 0 Å². The van der Waals surface area contributed by atoms with Crippen LogP contribution in [0.4, 0.5) is 5.69 Å². The van der Waals surface area contributed by atoms with E-state index in [-0.39, 0.29) is 0 Å². The van der Waals surface area contributed by atoms with E-state index in [9.17, 15) is 0 Å². The fraction of sp³-hybridized carbons (Fsp3) is 0.308. The van der Waals surface area contributed by atoms with Gasteiger partial charge in [-0.3, -0.25) is 4.98 Å². The molecule has 0 unspecified atom stereocenters. The van der Waals surface area contributed by atoms with Gasteiger partial charge in [-0.1, -0.05) is 17.7 Å². The maximum atomic E-state index is 6.10. The predicted molar refractivity (Wildman–Crippen MR) is 71.4 cm³/mol. The van der Waals surface area contributed by atoms with Gasteiger partial charge in [0.2, 0.25) is 0 Å². The number of pyridine rings is 1. The van der Waals surface area contributed by atoms with Crippen LogP contribution in [0.2, 0.25) is 5.02 Å². The van der Waals surface area contributed by atoms with Gasteiger partial charge in [-0.15, -0.1) is 0 Å². The zero-order valence-corrected chi connectivity index (χ0v) is 10.1. The first-order valence-electron chi connectivity index (χ1n) is 5.79. The third-order valence-electron chi connectivity index (χ3n) is 3.20. The third kappa shape index (κ3) is 2.08. The average molecular weight is 248 g/mol. The van der Waals surface area contributed by atoms with Crippen molar-refractivity contribution in [2.45, 2.75) is 24.9 Å². The summed E-state index contributed by atoms with van der Waals surface area (Å²) in [5, 5.41) is 5.26. The van der Waals surface area contributed by atoms with Crippen LogP contribution in [0.15, 0.2) is 30.5 Å². The van der Waals surface area contributed by atoms with Gasteiger partial charge in [-0.2, -0.15) is 0 Å². The second kappa shape index (κ2) is 4.17. The third-order valence-corrected chi connectivity index (χ3v) is 3.42. The first-order chi connectivity index (χ1) is 8.22. The molecule has 1 heterocycles. The van der Waals surface area contributed by atoms with E-state index in [0.717, 1.165) is 34.5 Å². The van der Waals surface area contributed by atoms with Crippen LogP contribution in [-0.4, -0.2) is 17.1 Å². The summed E-state index contributed by atoms with van der Waals surface area (Å²) >= 11 is 6.10. The van der Waals surface area contributed by atoms with E-state index >= 15 is 0 Å². The van der Waals surface area contributed by atoms with Gasteiger partial charge in [0, 0.05) is 28.7 Å². The van der Waals surface area contributed by atoms with E-state index in [0.29, 0.717) is 12.1 Å². The molecule has 1 aliphatic rings. The lowest BCUT2D eigenvalue weighted by Gasteiger charge is -2.34. The highest BCUT2D eigenvalue weighted by molar-refractivity contribution is 6.31. The molecule has 0 amide bonds. The molecule has 1 fully saturated rings. The first-order valence-corrected chi connectivity index (χ1v) is 6.16. The van der Waals surface area contributed by atoms with Gasteiger partial charge < -0.3 is 11.1 Å². The number of fused-ring (bicyclic) bond motifs is 1. The Kier molecular flexibility index (Phi) is 2.65. The van der Waals surface area contributed by atoms with Gasteiger partial charge in [-0.05, 0) is 31.0 Å². The zero-order chi connectivity index (χ0) is 11.8. The highest BCUT2D eigenvalue weighted by atomic mass is 35.5. The maximum Gasteiger partial charge on any atom is 0.0934 e. The number of hydrogen-bond donors (Lipinski definition) is 2. The molecule has 0 radical (unpaired) electrons. The standard InChI is InChI=1S/C13H14ClN3/c14-9-4-8-2-1-3-16-13(8)12(5-9)17-11-6-10(15)7-11/h1-5,10-11,17H,6-7,15H2. The Hall–Kier alpha value is -1.32. The summed E-state index contributed by atoms with van der Waals surface area (Å²) in [5.41, 5.74) is 7.76. The van der Waals surface area contributed by atoms with E-state index in [1.807, 2.05) is 24.3 Å². The van der Waals surface area contributed by atoms with Crippen molar-refractivity contribution in [3.63, 3.8) is 0 Å². The number of nitrogens with zero attached hydrogens (tertiary/aromatic N) is 1. The minimum absolute atomic E-state index is 0.339. The lowest BCUT2D eigenvalue weighted by Crippen LogP contribution is -2.44. The first kappa shape index (κ1) is 10.8. The highest BCUT2D eigenvalue weighted by Gasteiger charge is 2.26. The Bertz CT molecular complexity index is 549. The monoisotopic (exact) mass is 247 g/mol. The molecule has 0 saturated heterocycles. The van der Waals surface area contributed by atoms with Crippen LogP contribution in [0, 0.1) is 0 Å². The van der Waals surface area contributed by atoms with E-state index in [1.165, 1.54) is 0 Å². The van der Waals surface area contributed by atoms with Crippen molar-refractivity contribution in [2.24, 2.45) is 5.73 Å². The Balaban J connectivity index is 1.97. The largest absolute Gasteiger partial charge is 0.380 e. The van der Waals surface area contributed by atoms with Crippen LogP contribution >= 0.6 is 11.6 Å². The van der Waals surface area contributed by atoms with Crippen LogP contribution < -0.4 is 11.1 Å². The maximum absolute atomic E-state index is 6.10. The summed E-state index contributed by atoms with van der Waals surface area (Å²) in [5.74, 6) is 0. The minimum Gasteiger partial charge on any atom is -0.380 e. The van der Waals surface area contributed by atoms with Crippen LogP contribution in [0.25, 0.3) is 10.9 Å². The Morgan fingerprint density at radius 2 is 2.18 bits per heavy atom. The van der Waals surface area contributed by atoms with Gasteiger partial charge in [-0.25, -0.2) is 0 Å². The second-order valence-corrected chi connectivity index (χ2v) is 5.04. The fourth-order valence-corrected chi connectivity index (χ4v) is 2.49. The molecule has 0 bridgehead atoms. The topological polar surface area (TPSA) is 50.9 Å². The number of halogens is 1. The molecule has 1 saturated carbocycles. The summed E-state index contributed by atoms with van der Waals surface area (Å²) in [4.78, 5) is 4.40. The van der Waals surface area contributed by atoms with Crippen molar-refractivity contribution in [1.29, 1.82) is 0 Å².